The van der Waals surface area contributed by atoms with Gasteiger partial charge in [-0.3, -0.25) is 4.79 Å². The second-order valence-corrected chi connectivity index (χ2v) is 4.47. The van der Waals surface area contributed by atoms with Crippen molar-refractivity contribution in [2.75, 3.05) is 7.11 Å². The zero-order valence-electron chi connectivity index (χ0n) is 7.41. The molecular weight excluding hydrogens is 264 g/mol. The first-order valence-electron chi connectivity index (χ1n) is 3.96. The molecule has 0 aliphatic carbocycles. The minimum atomic E-state index is 0.704. The third-order valence-electron chi connectivity index (χ3n) is 2.02. The third kappa shape index (κ3) is 1.35. The highest BCUT2D eigenvalue weighted by molar-refractivity contribution is 9.10. The van der Waals surface area contributed by atoms with E-state index in [-0.39, 0.29) is 0 Å². The molecule has 0 unspecified atom stereocenters. The van der Waals surface area contributed by atoms with Crippen LogP contribution in [0.1, 0.15) is 10.4 Å². The molecule has 1 heterocycles. The number of rotatable bonds is 2. The van der Waals surface area contributed by atoms with Crippen LogP contribution in [0.4, 0.5) is 0 Å². The van der Waals surface area contributed by atoms with Gasteiger partial charge in [-0.15, -0.1) is 11.3 Å². The number of aldehydes is 1. The summed E-state index contributed by atoms with van der Waals surface area (Å²) in [5.74, 6) is 0.749. The van der Waals surface area contributed by atoms with Gasteiger partial charge in [-0.1, -0.05) is 0 Å². The monoisotopic (exact) mass is 270 g/mol. The average Bonchev–Trinajstić information content (AvgIpc) is 2.62. The van der Waals surface area contributed by atoms with E-state index in [0.29, 0.717) is 5.56 Å². The second kappa shape index (κ2) is 3.71. The maximum Gasteiger partial charge on any atom is 0.151 e. The van der Waals surface area contributed by atoms with E-state index in [9.17, 15) is 4.79 Å². The van der Waals surface area contributed by atoms with E-state index in [1.165, 1.54) is 0 Å². The van der Waals surface area contributed by atoms with Crippen LogP contribution in [0, 0.1) is 0 Å². The minimum Gasteiger partial charge on any atom is -0.496 e. The largest absolute Gasteiger partial charge is 0.496 e. The Morgan fingerprint density at radius 2 is 2.29 bits per heavy atom. The predicted molar refractivity (Wildman–Crippen MR) is 61.5 cm³/mol. The van der Waals surface area contributed by atoms with Gasteiger partial charge in [0.25, 0.3) is 0 Å². The van der Waals surface area contributed by atoms with Crippen molar-refractivity contribution in [1.29, 1.82) is 0 Å². The summed E-state index contributed by atoms with van der Waals surface area (Å²) in [6, 6.07) is 3.84. The maximum absolute atomic E-state index is 10.8. The van der Waals surface area contributed by atoms with E-state index in [0.717, 1.165) is 26.6 Å². The van der Waals surface area contributed by atoms with Crippen LogP contribution >= 0.6 is 27.3 Å². The number of ether oxygens (including phenoxy) is 1. The molecule has 14 heavy (non-hydrogen) atoms. The summed E-state index contributed by atoms with van der Waals surface area (Å²) >= 11 is 4.99. The lowest BCUT2D eigenvalue weighted by molar-refractivity contribution is 0.112. The first-order chi connectivity index (χ1) is 6.77. The average molecular weight is 271 g/mol. The van der Waals surface area contributed by atoms with Crippen molar-refractivity contribution in [2.45, 2.75) is 0 Å². The van der Waals surface area contributed by atoms with Gasteiger partial charge < -0.3 is 4.74 Å². The lowest BCUT2D eigenvalue weighted by Crippen LogP contribution is -1.85. The molecule has 0 N–H and O–H groups in total. The Morgan fingerprint density at radius 3 is 2.93 bits per heavy atom. The molecule has 0 aliphatic rings. The summed E-state index contributed by atoms with van der Waals surface area (Å²) in [6.07, 6.45) is 0.864. The number of carbonyl (C=O) groups is 1. The van der Waals surface area contributed by atoms with Gasteiger partial charge in [-0.05, 0) is 28.1 Å². The Balaban J connectivity index is 2.83. The molecule has 1 aromatic carbocycles. The number of hydrogen-bond donors (Lipinski definition) is 0. The molecule has 0 bridgehead atoms. The topological polar surface area (TPSA) is 26.3 Å². The van der Waals surface area contributed by atoms with Crippen molar-refractivity contribution in [2.24, 2.45) is 0 Å². The van der Waals surface area contributed by atoms with Gasteiger partial charge in [0.1, 0.15) is 5.75 Å². The zero-order chi connectivity index (χ0) is 10.1. The van der Waals surface area contributed by atoms with E-state index in [1.807, 2.05) is 17.5 Å². The van der Waals surface area contributed by atoms with E-state index in [2.05, 4.69) is 15.9 Å². The van der Waals surface area contributed by atoms with Gasteiger partial charge in [0.2, 0.25) is 0 Å². The maximum atomic E-state index is 10.8. The summed E-state index contributed by atoms with van der Waals surface area (Å²) in [4.78, 5) is 10.8. The molecule has 2 rings (SSSR count). The van der Waals surface area contributed by atoms with Crippen LogP contribution in [0.15, 0.2) is 22.0 Å². The van der Waals surface area contributed by atoms with Gasteiger partial charge >= 0.3 is 0 Å². The molecule has 0 saturated carbocycles. The lowest BCUT2D eigenvalue weighted by Gasteiger charge is -2.03. The van der Waals surface area contributed by atoms with E-state index in [1.54, 1.807) is 18.4 Å². The molecule has 2 nitrogen and oxygen atoms in total. The fourth-order valence-corrected chi connectivity index (χ4v) is 3.12. The van der Waals surface area contributed by atoms with Gasteiger partial charge in [-0.2, -0.15) is 0 Å². The molecular formula is C10H7BrO2S. The summed E-state index contributed by atoms with van der Waals surface area (Å²) in [5, 5.41) is 2.78. The van der Waals surface area contributed by atoms with Gasteiger partial charge in [0, 0.05) is 21.0 Å². The fraction of sp³-hybridized carbons (Fsp3) is 0.100. The first-order valence-corrected chi connectivity index (χ1v) is 5.64. The molecule has 0 amide bonds. The lowest BCUT2D eigenvalue weighted by atomic mass is 10.2. The Bertz CT molecular complexity index is 490. The quantitative estimate of drug-likeness (QED) is 0.781. The number of hydrogen-bond acceptors (Lipinski definition) is 3. The Morgan fingerprint density at radius 1 is 1.50 bits per heavy atom. The molecule has 0 saturated heterocycles. The van der Waals surface area contributed by atoms with Gasteiger partial charge in [0.05, 0.1) is 11.6 Å². The highest BCUT2D eigenvalue weighted by Crippen LogP contribution is 2.37. The van der Waals surface area contributed by atoms with Crippen molar-refractivity contribution < 1.29 is 9.53 Å². The SMILES string of the molecule is COc1ccc2scc(C=O)c2c1Br. The van der Waals surface area contributed by atoms with Crippen LogP contribution in [-0.4, -0.2) is 13.4 Å². The highest BCUT2D eigenvalue weighted by atomic mass is 79.9. The number of methoxy groups -OCH3 is 1. The molecule has 4 heteroatoms. The Kier molecular flexibility index (Phi) is 2.56. The van der Waals surface area contributed by atoms with Crippen molar-refractivity contribution in [3.63, 3.8) is 0 Å². The smallest absolute Gasteiger partial charge is 0.151 e. The number of carbonyl (C=O) groups excluding carboxylic acids is 1. The van der Waals surface area contributed by atoms with E-state index in [4.69, 9.17) is 4.74 Å². The number of thiophene rings is 1. The summed E-state index contributed by atoms with van der Waals surface area (Å²) in [7, 11) is 1.61. The molecule has 0 radical (unpaired) electrons. The van der Waals surface area contributed by atoms with Gasteiger partial charge in [-0.25, -0.2) is 0 Å². The summed E-state index contributed by atoms with van der Waals surface area (Å²) < 4.78 is 7.09. The molecule has 0 aliphatic heterocycles. The highest BCUT2D eigenvalue weighted by Gasteiger charge is 2.10. The molecule has 0 atom stereocenters. The van der Waals surface area contributed by atoms with Crippen molar-refractivity contribution in [3.05, 3.63) is 27.5 Å². The van der Waals surface area contributed by atoms with Crippen molar-refractivity contribution >= 4 is 43.6 Å². The number of benzene rings is 1. The molecule has 72 valence electrons. The Hall–Kier alpha value is -0.870. The summed E-state index contributed by atoms with van der Waals surface area (Å²) in [6.45, 7) is 0. The standard InChI is InChI=1S/C10H7BrO2S/c1-13-7-2-3-8-9(10(7)11)6(4-12)5-14-8/h2-5H,1H3. The van der Waals surface area contributed by atoms with Gasteiger partial charge in [0.15, 0.2) is 6.29 Å². The Labute approximate surface area is 93.6 Å². The fourth-order valence-electron chi connectivity index (χ4n) is 1.34. The molecule has 0 fully saturated rings. The van der Waals surface area contributed by atoms with Crippen LogP contribution in [0.2, 0.25) is 0 Å². The van der Waals surface area contributed by atoms with Crippen molar-refractivity contribution in [1.82, 2.24) is 0 Å². The normalized spacial score (nSPS) is 10.4. The van der Waals surface area contributed by atoms with Crippen LogP contribution in [0.3, 0.4) is 0 Å². The number of fused-ring (bicyclic) bond motifs is 1. The minimum absolute atomic E-state index is 0.704. The third-order valence-corrected chi connectivity index (χ3v) is 3.77. The zero-order valence-corrected chi connectivity index (χ0v) is 9.81. The van der Waals surface area contributed by atoms with E-state index >= 15 is 0 Å². The molecule has 0 spiro atoms. The van der Waals surface area contributed by atoms with Crippen LogP contribution in [0.25, 0.3) is 10.1 Å². The number of halogens is 1. The van der Waals surface area contributed by atoms with Crippen LogP contribution in [0.5, 0.6) is 5.75 Å². The first kappa shape index (κ1) is 9.68. The van der Waals surface area contributed by atoms with Crippen LogP contribution in [-0.2, 0) is 0 Å². The second-order valence-electron chi connectivity index (χ2n) is 2.76. The van der Waals surface area contributed by atoms with Crippen LogP contribution < -0.4 is 4.74 Å². The molecule has 2 aromatic rings. The predicted octanol–water partition coefficient (Wildman–Crippen LogP) is 3.48. The molecule has 1 aromatic heterocycles. The summed E-state index contributed by atoms with van der Waals surface area (Å²) in [5.41, 5.74) is 0.704. The van der Waals surface area contributed by atoms with E-state index < -0.39 is 0 Å². The van der Waals surface area contributed by atoms with Crippen molar-refractivity contribution in [3.8, 4) is 5.75 Å².